The quantitative estimate of drug-likeness (QED) is 0.710. The smallest absolute Gasteiger partial charge is 0.321 e. The van der Waals surface area contributed by atoms with Gasteiger partial charge in [-0.2, -0.15) is 10.4 Å². The van der Waals surface area contributed by atoms with E-state index in [4.69, 9.17) is 5.26 Å². The van der Waals surface area contributed by atoms with Gasteiger partial charge in [-0.1, -0.05) is 0 Å². The van der Waals surface area contributed by atoms with Crippen molar-refractivity contribution in [3.05, 3.63) is 48.9 Å². The third kappa shape index (κ3) is 3.48. The molecule has 2 amide bonds. The van der Waals surface area contributed by atoms with Crippen LogP contribution in [0.4, 0.5) is 22.0 Å². The van der Waals surface area contributed by atoms with Gasteiger partial charge in [-0.15, -0.1) is 0 Å². The number of amides is 2. The molecule has 4 rings (SSSR count). The van der Waals surface area contributed by atoms with Gasteiger partial charge >= 0.3 is 6.03 Å². The molecule has 9 nitrogen and oxygen atoms in total. The van der Waals surface area contributed by atoms with E-state index in [1.165, 1.54) is 0 Å². The van der Waals surface area contributed by atoms with Crippen molar-refractivity contribution in [3.63, 3.8) is 0 Å². The highest BCUT2D eigenvalue weighted by atomic mass is 16.2. The molecule has 28 heavy (non-hydrogen) atoms. The number of urea groups is 1. The molecule has 1 aliphatic rings. The van der Waals surface area contributed by atoms with Crippen molar-refractivity contribution in [1.82, 2.24) is 25.1 Å². The van der Waals surface area contributed by atoms with Crippen LogP contribution in [0.1, 0.15) is 13.0 Å². The topological polar surface area (TPSA) is 112 Å². The van der Waals surface area contributed by atoms with E-state index in [9.17, 15) is 4.79 Å². The monoisotopic (exact) mass is 374 g/mol. The Bertz CT molecular complexity index is 1040. The Morgan fingerprint density at radius 2 is 2.11 bits per heavy atom. The van der Waals surface area contributed by atoms with Gasteiger partial charge in [0.1, 0.15) is 11.9 Å². The lowest BCUT2D eigenvalue weighted by atomic mass is 10.2. The van der Waals surface area contributed by atoms with E-state index in [0.29, 0.717) is 24.7 Å². The molecule has 0 saturated carbocycles. The molecule has 1 unspecified atom stereocenters. The van der Waals surface area contributed by atoms with Crippen LogP contribution in [-0.2, 0) is 0 Å². The summed E-state index contributed by atoms with van der Waals surface area (Å²) >= 11 is 0. The second kappa shape index (κ2) is 7.36. The standard InChI is InChI=1S/C19H18N8O/c1-13(10-20)27-12-15(11-23-27)24-17-6-7-21-18(25-17)14-2-4-16(5-3-14)26-9-8-22-19(26)28/h2-7,11-13H,8-9H2,1H3,(H,22,28)(H,21,24,25). The number of carbonyl (C=O) groups is 1. The summed E-state index contributed by atoms with van der Waals surface area (Å²) in [7, 11) is 0. The van der Waals surface area contributed by atoms with Gasteiger partial charge in [0.05, 0.1) is 18.0 Å². The van der Waals surface area contributed by atoms with Crippen molar-refractivity contribution >= 4 is 23.2 Å². The maximum Gasteiger partial charge on any atom is 0.321 e. The van der Waals surface area contributed by atoms with E-state index in [0.717, 1.165) is 16.9 Å². The molecule has 2 aromatic heterocycles. The van der Waals surface area contributed by atoms with Crippen molar-refractivity contribution < 1.29 is 4.79 Å². The summed E-state index contributed by atoms with van der Waals surface area (Å²) < 4.78 is 1.58. The van der Waals surface area contributed by atoms with Gasteiger partial charge in [0, 0.05) is 36.7 Å². The van der Waals surface area contributed by atoms with Crippen molar-refractivity contribution in [3.8, 4) is 17.5 Å². The molecular weight excluding hydrogens is 356 g/mol. The fourth-order valence-corrected chi connectivity index (χ4v) is 2.90. The molecule has 0 spiro atoms. The zero-order valence-corrected chi connectivity index (χ0v) is 15.2. The van der Waals surface area contributed by atoms with Crippen LogP contribution in [-0.4, -0.2) is 38.9 Å². The lowest BCUT2D eigenvalue weighted by molar-refractivity contribution is 0.252. The van der Waals surface area contributed by atoms with E-state index in [2.05, 4.69) is 31.8 Å². The van der Waals surface area contributed by atoms with Gasteiger partial charge in [-0.3, -0.25) is 9.58 Å². The Balaban J connectivity index is 1.51. The number of hydrogen-bond acceptors (Lipinski definition) is 6. The Morgan fingerprint density at radius 3 is 2.82 bits per heavy atom. The van der Waals surface area contributed by atoms with E-state index >= 15 is 0 Å². The van der Waals surface area contributed by atoms with Crippen LogP contribution < -0.4 is 15.5 Å². The molecule has 2 N–H and O–H groups in total. The molecule has 1 atom stereocenters. The fraction of sp³-hybridized carbons (Fsp3) is 0.211. The van der Waals surface area contributed by atoms with Crippen LogP contribution in [0.2, 0.25) is 0 Å². The van der Waals surface area contributed by atoms with Crippen molar-refractivity contribution in [1.29, 1.82) is 5.26 Å². The molecule has 0 aliphatic carbocycles. The first-order valence-electron chi connectivity index (χ1n) is 8.84. The lowest BCUT2D eigenvalue weighted by Crippen LogP contribution is -2.27. The molecule has 140 valence electrons. The second-order valence-electron chi connectivity index (χ2n) is 6.34. The Hall–Kier alpha value is -3.93. The summed E-state index contributed by atoms with van der Waals surface area (Å²) in [5, 5.41) is 19.1. The Labute approximate surface area is 161 Å². The van der Waals surface area contributed by atoms with Gasteiger partial charge in [0.15, 0.2) is 5.82 Å². The summed E-state index contributed by atoms with van der Waals surface area (Å²) in [6.07, 6.45) is 5.08. The van der Waals surface area contributed by atoms with Crippen LogP contribution in [0.5, 0.6) is 0 Å². The number of hydrogen-bond donors (Lipinski definition) is 2. The average Bonchev–Trinajstić information content (AvgIpc) is 3.37. The summed E-state index contributed by atoms with van der Waals surface area (Å²) in [4.78, 5) is 22.3. The third-order valence-corrected chi connectivity index (χ3v) is 4.41. The van der Waals surface area contributed by atoms with Gasteiger partial charge in [-0.25, -0.2) is 14.8 Å². The maximum atomic E-state index is 11.8. The highest BCUT2D eigenvalue weighted by Crippen LogP contribution is 2.23. The van der Waals surface area contributed by atoms with Crippen molar-refractivity contribution in [2.45, 2.75) is 13.0 Å². The number of benzene rings is 1. The Kier molecular flexibility index (Phi) is 4.60. The first-order chi connectivity index (χ1) is 13.6. The molecule has 3 heterocycles. The van der Waals surface area contributed by atoms with Crippen molar-refractivity contribution in [2.75, 3.05) is 23.3 Å². The van der Waals surface area contributed by atoms with E-state index in [1.54, 1.807) is 41.2 Å². The predicted molar refractivity (Wildman–Crippen MR) is 104 cm³/mol. The predicted octanol–water partition coefficient (Wildman–Crippen LogP) is 2.70. The highest BCUT2D eigenvalue weighted by molar-refractivity contribution is 5.94. The van der Waals surface area contributed by atoms with Gasteiger partial charge in [0.2, 0.25) is 0 Å². The number of nitrogens with one attached hydrogen (secondary N) is 2. The number of nitriles is 1. The van der Waals surface area contributed by atoms with E-state index in [-0.39, 0.29) is 12.1 Å². The number of anilines is 3. The maximum absolute atomic E-state index is 11.8. The molecular formula is C19H18N8O. The summed E-state index contributed by atoms with van der Waals surface area (Å²) in [5.41, 5.74) is 2.43. The van der Waals surface area contributed by atoms with E-state index < -0.39 is 0 Å². The van der Waals surface area contributed by atoms with E-state index in [1.807, 2.05) is 24.3 Å². The molecule has 9 heteroatoms. The average molecular weight is 374 g/mol. The molecule has 1 fully saturated rings. The minimum atomic E-state index is -0.340. The minimum absolute atomic E-state index is 0.0820. The van der Waals surface area contributed by atoms with Gasteiger partial charge in [-0.05, 0) is 37.3 Å². The minimum Gasteiger partial charge on any atom is -0.338 e. The van der Waals surface area contributed by atoms with Crippen LogP contribution >= 0.6 is 0 Å². The van der Waals surface area contributed by atoms with Crippen LogP contribution in [0.3, 0.4) is 0 Å². The summed E-state index contributed by atoms with van der Waals surface area (Å²) in [6.45, 7) is 3.09. The number of rotatable bonds is 5. The van der Waals surface area contributed by atoms with Gasteiger partial charge in [0.25, 0.3) is 0 Å². The first kappa shape index (κ1) is 17.5. The largest absolute Gasteiger partial charge is 0.338 e. The Morgan fingerprint density at radius 1 is 1.29 bits per heavy atom. The zero-order chi connectivity index (χ0) is 19.5. The number of nitrogens with zero attached hydrogens (tertiary/aromatic N) is 6. The number of aromatic nitrogens is 4. The SMILES string of the molecule is CC(C#N)n1cc(Nc2ccnc(-c3ccc(N4CCNC4=O)cc3)n2)cn1. The molecule has 0 bridgehead atoms. The first-order valence-corrected chi connectivity index (χ1v) is 8.84. The molecule has 3 aromatic rings. The number of carbonyl (C=O) groups excluding carboxylic acids is 1. The summed E-state index contributed by atoms with van der Waals surface area (Å²) in [5.74, 6) is 1.19. The van der Waals surface area contributed by atoms with Crippen molar-refractivity contribution in [2.24, 2.45) is 0 Å². The van der Waals surface area contributed by atoms with Crippen LogP contribution in [0, 0.1) is 11.3 Å². The third-order valence-electron chi connectivity index (χ3n) is 4.41. The van der Waals surface area contributed by atoms with Crippen LogP contribution in [0.25, 0.3) is 11.4 Å². The molecule has 1 aromatic carbocycles. The van der Waals surface area contributed by atoms with Gasteiger partial charge < -0.3 is 10.6 Å². The second-order valence-corrected chi connectivity index (χ2v) is 6.34. The highest BCUT2D eigenvalue weighted by Gasteiger charge is 2.20. The zero-order valence-electron chi connectivity index (χ0n) is 15.2. The van der Waals surface area contributed by atoms with Crippen LogP contribution in [0.15, 0.2) is 48.9 Å². The normalized spacial score (nSPS) is 14.4. The molecule has 0 radical (unpaired) electrons. The molecule has 1 saturated heterocycles. The molecule has 1 aliphatic heterocycles. The fourth-order valence-electron chi connectivity index (χ4n) is 2.90. The summed E-state index contributed by atoms with van der Waals surface area (Å²) in [6, 6.07) is 11.0. The lowest BCUT2D eigenvalue weighted by Gasteiger charge is -2.14.